The van der Waals surface area contributed by atoms with Gasteiger partial charge in [0.2, 0.25) is 5.91 Å². The number of allylic oxidation sites excluding steroid dienone is 23. The Morgan fingerprint density at radius 2 is 0.810 bits per heavy atom. The van der Waals surface area contributed by atoms with Gasteiger partial charge in [-0.05, 0) is 128 Å². The molecule has 0 aromatic rings. The molecule has 0 saturated carbocycles. The molecule has 3 atom stereocenters. The number of likely N-dealkylation sites (N-methyl/N-ethyl adjacent to an activating group) is 1. The van der Waals surface area contributed by atoms with Crippen molar-refractivity contribution in [3.63, 3.8) is 0 Å². The van der Waals surface area contributed by atoms with Crippen LogP contribution in [-0.2, 0) is 27.9 Å². The first kappa shape index (κ1) is 74.9. The molecule has 0 aromatic carbocycles. The normalized spacial score (nSPS) is 14.7. The molecular formula is C69H115N2O7P. The Hall–Kier alpha value is -4.11. The number of carbonyl (C=O) groups is 2. The third-order valence-corrected chi connectivity index (χ3v) is 13.7. The van der Waals surface area contributed by atoms with Gasteiger partial charge in [-0.25, -0.2) is 0 Å². The number of carbonyl (C=O) groups excluding carboxylic acids is 2. The molecule has 0 aromatic heterocycles. The molecule has 0 aliphatic carbocycles. The second-order valence-corrected chi connectivity index (χ2v) is 22.9. The monoisotopic (exact) mass is 1110 g/mol. The lowest BCUT2D eigenvalue weighted by molar-refractivity contribution is -0.870. The molecule has 9 nitrogen and oxygen atoms in total. The molecule has 0 rings (SSSR count). The second kappa shape index (κ2) is 57.1. The summed E-state index contributed by atoms with van der Waals surface area (Å²) in [7, 11) is 1.11. The van der Waals surface area contributed by atoms with Crippen molar-refractivity contribution in [1.82, 2.24) is 5.32 Å². The standard InChI is InChI=1S/C69H115N2O7P/c1-7-10-13-16-19-22-25-28-30-32-34-35-37-39-41-44-47-50-53-56-59-62-69(73)78-67(60-57-54-51-48-45-42-27-24-21-18-15-12-9-3)66(65-77-79(74,75)76-64-63-71(4,5)6)70-68(72)61-58-55-52-49-46-43-40-38-36-33-31-29-26-23-20-17-14-11-8-2/h10-11,13-14,19-20,22-23,28-31,34-36,38-39,41,43,46-47,50,57,60,66-67H,7-9,12,15-18,21,24-27,32-33,37,40,42,44-45,48-49,51-56,58-59,61-65H2,1-6H3,(H-,70,72,74,75)/b13-10-,14-11-,22-19-,23-20-,30-28-,31-29-,35-34-,38-36-,41-39-,46-43-,50-47-,60-57+. The molecule has 1 amide bonds. The van der Waals surface area contributed by atoms with Crippen LogP contribution in [0.25, 0.3) is 0 Å². The van der Waals surface area contributed by atoms with Crippen LogP contribution in [0.1, 0.15) is 226 Å². The van der Waals surface area contributed by atoms with Crippen LogP contribution in [0, 0.1) is 0 Å². The summed E-state index contributed by atoms with van der Waals surface area (Å²) in [6.07, 6.45) is 82.5. The molecule has 0 heterocycles. The summed E-state index contributed by atoms with van der Waals surface area (Å²) in [5.41, 5.74) is 0. The Kier molecular flexibility index (Phi) is 54.2. The SMILES string of the molecule is CC/C=C\C/C=C\C/C=C\C/C=C\C/C=C\C/C=C\CCCCC(=O)OC(/C=C/CCCCCCCCCCCCC)C(COP(=O)([O-])OCC[N+](C)(C)C)NC(=O)CCCCC/C=C\C/C=C\C/C=C\C/C=C\C/C=C\CC. The van der Waals surface area contributed by atoms with E-state index in [1.807, 2.05) is 27.2 Å². The van der Waals surface area contributed by atoms with Gasteiger partial charge in [0.1, 0.15) is 19.3 Å². The smallest absolute Gasteiger partial charge is 0.306 e. The number of unbranched alkanes of at least 4 members (excludes halogenated alkanes) is 16. The van der Waals surface area contributed by atoms with Crippen LogP contribution >= 0.6 is 7.82 Å². The number of nitrogens with one attached hydrogen (secondary N) is 1. The van der Waals surface area contributed by atoms with E-state index in [1.54, 1.807) is 6.08 Å². The summed E-state index contributed by atoms with van der Waals surface area (Å²) < 4.78 is 30.3. The third-order valence-electron chi connectivity index (χ3n) is 12.8. The van der Waals surface area contributed by atoms with Crippen molar-refractivity contribution in [3.8, 4) is 0 Å². The number of nitrogens with zero attached hydrogens (tertiary/aromatic N) is 1. The highest BCUT2D eigenvalue weighted by Crippen LogP contribution is 2.38. The van der Waals surface area contributed by atoms with Gasteiger partial charge < -0.3 is 28.5 Å². The van der Waals surface area contributed by atoms with Gasteiger partial charge in [-0.1, -0.05) is 231 Å². The molecule has 0 bridgehead atoms. The van der Waals surface area contributed by atoms with Crippen molar-refractivity contribution >= 4 is 19.7 Å². The van der Waals surface area contributed by atoms with E-state index in [1.165, 1.54) is 57.8 Å². The van der Waals surface area contributed by atoms with Gasteiger partial charge in [0, 0.05) is 12.8 Å². The maximum Gasteiger partial charge on any atom is 0.306 e. The summed E-state index contributed by atoms with van der Waals surface area (Å²) in [4.78, 5) is 40.0. The van der Waals surface area contributed by atoms with Gasteiger partial charge in [-0.15, -0.1) is 0 Å². The number of phosphoric acid groups is 1. The lowest BCUT2D eigenvalue weighted by atomic mass is 10.0. The maximum absolute atomic E-state index is 13.5. The summed E-state index contributed by atoms with van der Waals surface area (Å²) in [6, 6.07) is -0.936. The first-order valence-electron chi connectivity index (χ1n) is 31.1. The Bertz CT molecular complexity index is 1860. The zero-order valence-corrected chi connectivity index (χ0v) is 51.9. The van der Waals surface area contributed by atoms with Crippen molar-refractivity contribution in [2.75, 3.05) is 40.9 Å². The maximum atomic E-state index is 13.5. The highest BCUT2D eigenvalue weighted by molar-refractivity contribution is 7.45. The van der Waals surface area contributed by atoms with Crippen molar-refractivity contribution in [1.29, 1.82) is 0 Å². The van der Waals surface area contributed by atoms with E-state index >= 15 is 0 Å². The highest BCUT2D eigenvalue weighted by Gasteiger charge is 2.27. The predicted molar refractivity (Wildman–Crippen MR) is 339 cm³/mol. The average molecular weight is 1120 g/mol. The Balaban J connectivity index is 5.45. The fourth-order valence-corrected chi connectivity index (χ4v) is 8.74. The van der Waals surface area contributed by atoms with E-state index in [-0.39, 0.29) is 25.4 Å². The van der Waals surface area contributed by atoms with E-state index in [4.69, 9.17) is 13.8 Å². The summed E-state index contributed by atoms with van der Waals surface area (Å²) >= 11 is 0. The fourth-order valence-electron chi connectivity index (χ4n) is 8.02. The average Bonchev–Trinajstić information content (AvgIpc) is 3.41. The van der Waals surface area contributed by atoms with Gasteiger partial charge in [-0.2, -0.15) is 0 Å². The number of amides is 1. The van der Waals surface area contributed by atoms with Crippen LogP contribution < -0.4 is 10.2 Å². The van der Waals surface area contributed by atoms with E-state index < -0.39 is 32.5 Å². The molecule has 3 unspecified atom stereocenters. The van der Waals surface area contributed by atoms with E-state index in [0.717, 1.165) is 122 Å². The summed E-state index contributed by atoms with van der Waals surface area (Å²) in [5, 5.41) is 2.99. The predicted octanol–water partition coefficient (Wildman–Crippen LogP) is 18.8. The minimum absolute atomic E-state index is 0.0449. The van der Waals surface area contributed by atoms with E-state index in [0.29, 0.717) is 23.9 Å². The van der Waals surface area contributed by atoms with Gasteiger partial charge in [0.05, 0.1) is 33.8 Å². The molecule has 79 heavy (non-hydrogen) atoms. The lowest BCUT2D eigenvalue weighted by Gasteiger charge is -2.30. The molecule has 0 spiro atoms. The molecule has 10 heteroatoms. The van der Waals surface area contributed by atoms with E-state index in [9.17, 15) is 19.0 Å². The van der Waals surface area contributed by atoms with Gasteiger partial charge >= 0.3 is 5.97 Å². The van der Waals surface area contributed by atoms with Crippen LogP contribution in [0.4, 0.5) is 0 Å². The molecule has 0 aliphatic heterocycles. The topological polar surface area (TPSA) is 114 Å². The fraction of sp³-hybridized carbons (Fsp3) is 0.623. The zero-order valence-electron chi connectivity index (χ0n) is 51.0. The Labute approximate surface area is 485 Å². The van der Waals surface area contributed by atoms with Crippen molar-refractivity contribution < 1.29 is 37.3 Å². The number of rotatable bonds is 54. The van der Waals surface area contributed by atoms with Crippen LogP contribution in [0.5, 0.6) is 0 Å². The largest absolute Gasteiger partial charge is 0.756 e. The molecule has 0 aliphatic rings. The number of esters is 1. The minimum atomic E-state index is -4.73. The highest BCUT2D eigenvalue weighted by atomic mass is 31.2. The number of ether oxygens (including phenoxy) is 1. The molecular weight excluding hydrogens is 1000 g/mol. The number of phosphoric ester groups is 1. The lowest BCUT2D eigenvalue weighted by Crippen LogP contribution is -2.47. The first-order chi connectivity index (χ1) is 38.4. The Morgan fingerprint density at radius 1 is 0.456 bits per heavy atom. The molecule has 0 radical (unpaired) electrons. The number of quaternary nitrogens is 1. The summed E-state index contributed by atoms with van der Waals surface area (Å²) in [5.74, 6) is -0.641. The zero-order chi connectivity index (χ0) is 57.9. The van der Waals surface area contributed by atoms with Crippen LogP contribution in [-0.4, -0.2) is 69.4 Å². The van der Waals surface area contributed by atoms with Crippen LogP contribution in [0.2, 0.25) is 0 Å². The second-order valence-electron chi connectivity index (χ2n) is 21.4. The molecule has 0 saturated heterocycles. The first-order valence-corrected chi connectivity index (χ1v) is 32.6. The minimum Gasteiger partial charge on any atom is -0.756 e. The number of hydrogen-bond donors (Lipinski definition) is 1. The van der Waals surface area contributed by atoms with Crippen molar-refractivity contribution in [2.45, 2.75) is 238 Å². The number of hydrogen-bond acceptors (Lipinski definition) is 7. The summed E-state index contributed by atoms with van der Waals surface area (Å²) in [6.45, 7) is 6.54. The van der Waals surface area contributed by atoms with Gasteiger partial charge in [0.15, 0.2) is 0 Å². The quantitative estimate of drug-likeness (QED) is 0.0212. The van der Waals surface area contributed by atoms with Crippen molar-refractivity contribution in [2.24, 2.45) is 0 Å². The van der Waals surface area contributed by atoms with Crippen LogP contribution in [0.3, 0.4) is 0 Å². The molecule has 448 valence electrons. The van der Waals surface area contributed by atoms with Crippen LogP contribution in [0.15, 0.2) is 146 Å². The molecule has 0 fully saturated rings. The molecule has 1 N–H and O–H groups in total. The van der Waals surface area contributed by atoms with Gasteiger partial charge in [0.25, 0.3) is 7.82 Å². The van der Waals surface area contributed by atoms with Crippen molar-refractivity contribution in [3.05, 3.63) is 146 Å². The Morgan fingerprint density at radius 3 is 1.23 bits per heavy atom. The third kappa shape index (κ3) is 58.4. The van der Waals surface area contributed by atoms with E-state index in [2.05, 4.69) is 160 Å². The van der Waals surface area contributed by atoms with Gasteiger partial charge in [-0.3, -0.25) is 14.2 Å².